The average molecular weight is 256 g/mol. The number of hydrogen-bond acceptors (Lipinski definition) is 3. The van der Waals surface area contributed by atoms with Crippen LogP contribution in [-0.4, -0.2) is 21.0 Å². The molecule has 0 unspecified atom stereocenters. The van der Waals surface area contributed by atoms with E-state index in [-0.39, 0.29) is 5.69 Å². The Bertz CT molecular complexity index is 719. The van der Waals surface area contributed by atoms with Gasteiger partial charge < -0.3 is 10.1 Å². The first-order valence-electron chi connectivity index (χ1n) is 6.10. The van der Waals surface area contributed by atoms with Crippen molar-refractivity contribution in [3.8, 4) is 11.4 Å². The Morgan fingerprint density at radius 1 is 1.21 bits per heavy atom. The molecule has 2 N–H and O–H groups in total. The number of carboxylic acid groups (broad SMARTS) is 1. The molecule has 1 aromatic carbocycles. The highest BCUT2D eigenvalue weighted by atomic mass is 16.4. The predicted molar refractivity (Wildman–Crippen MR) is 69.3 cm³/mol. The van der Waals surface area contributed by atoms with Gasteiger partial charge in [-0.1, -0.05) is 12.1 Å². The van der Waals surface area contributed by atoms with E-state index in [1.165, 1.54) is 11.1 Å². The normalized spacial score (nSPS) is 13.3. The van der Waals surface area contributed by atoms with Gasteiger partial charge in [-0.25, -0.2) is 9.78 Å². The molecule has 1 aliphatic rings. The second-order valence-corrected chi connectivity index (χ2v) is 4.62. The maximum Gasteiger partial charge on any atom is 0.354 e. The molecule has 0 bridgehead atoms. The molecule has 1 aromatic heterocycles. The van der Waals surface area contributed by atoms with E-state index in [4.69, 9.17) is 5.11 Å². The Morgan fingerprint density at radius 2 is 2.00 bits per heavy atom. The molecule has 0 amide bonds. The van der Waals surface area contributed by atoms with Crippen LogP contribution in [0.2, 0.25) is 0 Å². The van der Waals surface area contributed by atoms with E-state index in [1.54, 1.807) is 0 Å². The molecule has 19 heavy (non-hydrogen) atoms. The molecule has 3 rings (SSSR count). The Kier molecular flexibility index (Phi) is 2.67. The highest BCUT2D eigenvalue weighted by Crippen LogP contribution is 2.26. The molecular weight excluding hydrogens is 244 g/mol. The van der Waals surface area contributed by atoms with Crippen LogP contribution in [0.1, 0.15) is 28.0 Å². The number of fused-ring (bicyclic) bond motifs is 1. The molecule has 2 aromatic rings. The second-order valence-electron chi connectivity index (χ2n) is 4.62. The van der Waals surface area contributed by atoms with Crippen molar-refractivity contribution in [3.05, 3.63) is 51.4 Å². The molecule has 0 fully saturated rings. The van der Waals surface area contributed by atoms with Gasteiger partial charge in [0.25, 0.3) is 5.56 Å². The predicted octanol–water partition coefficient (Wildman–Crippen LogP) is 1.62. The standard InChI is InChI=1S/C14H12N2O3/c17-12-7-11(14(18)19)15-13(16-12)10-5-4-8-2-1-3-9(8)6-10/h4-7H,1-3H2,(H,18,19)(H,15,16,17). The lowest BCUT2D eigenvalue weighted by molar-refractivity contribution is 0.0690. The average Bonchev–Trinajstić information content (AvgIpc) is 2.85. The third-order valence-corrected chi connectivity index (χ3v) is 3.33. The van der Waals surface area contributed by atoms with Crippen LogP contribution in [0.25, 0.3) is 11.4 Å². The molecule has 0 radical (unpaired) electrons. The number of benzene rings is 1. The van der Waals surface area contributed by atoms with E-state index >= 15 is 0 Å². The fourth-order valence-electron chi connectivity index (χ4n) is 2.42. The van der Waals surface area contributed by atoms with Gasteiger partial charge >= 0.3 is 5.97 Å². The SMILES string of the molecule is O=C(O)c1cc(=O)[nH]c(-c2ccc3c(c2)CCC3)n1. The zero-order valence-corrected chi connectivity index (χ0v) is 10.1. The van der Waals surface area contributed by atoms with Gasteiger partial charge in [-0.3, -0.25) is 4.79 Å². The summed E-state index contributed by atoms with van der Waals surface area (Å²) in [5.74, 6) is -0.895. The topological polar surface area (TPSA) is 83.0 Å². The molecule has 5 nitrogen and oxygen atoms in total. The van der Waals surface area contributed by atoms with Crippen LogP contribution < -0.4 is 5.56 Å². The van der Waals surface area contributed by atoms with Crippen molar-refractivity contribution < 1.29 is 9.90 Å². The maximum absolute atomic E-state index is 11.5. The summed E-state index contributed by atoms with van der Waals surface area (Å²) >= 11 is 0. The Hall–Kier alpha value is -2.43. The molecule has 1 heterocycles. The van der Waals surface area contributed by atoms with Crippen molar-refractivity contribution in [2.75, 3.05) is 0 Å². The third kappa shape index (κ3) is 2.14. The summed E-state index contributed by atoms with van der Waals surface area (Å²) in [6, 6.07) is 6.85. The summed E-state index contributed by atoms with van der Waals surface area (Å²) in [5, 5.41) is 8.92. The second kappa shape index (κ2) is 4.35. The van der Waals surface area contributed by atoms with Crippen LogP contribution in [0.15, 0.2) is 29.1 Å². The van der Waals surface area contributed by atoms with Gasteiger partial charge in [0.1, 0.15) is 5.82 Å². The quantitative estimate of drug-likeness (QED) is 0.855. The van der Waals surface area contributed by atoms with E-state index < -0.39 is 11.5 Å². The number of nitrogens with zero attached hydrogens (tertiary/aromatic N) is 1. The number of aromatic nitrogens is 2. The minimum atomic E-state index is -1.20. The van der Waals surface area contributed by atoms with Crippen molar-refractivity contribution in [2.45, 2.75) is 19.3 Å². The minimum absolute atomic E-state index is 0.237. The summed E-state index contributed by atoms with van der Waals surface area (Å²) in [6.07, 6.45) is 3.23. The van der Waals surface area contributed by atoms with E-state index in [0.29, 0.717) is 5.82 Å². The molecule has 0 saturated carbocycles. The van der Waals surface area contributed by atoms with Crippen LogP contribution in [-0.2, 0) is 12.8 Å². The first-order chi connectivity index (χ1) is 9.13. The molecular formula is C14H12N2O3. The Balaban J connectivity index is 2.11. The number of rotatable bonds is 2. The van der Waals surface area contributed by atoms with Gasteiger partial charge in [-0.05, 0) is 36.5 Å². The van der Waals surface area contributed by atoms with Gasteiger partial charge in [0, 0.05) is 11.6 Å². The summed E-state index contributed by atoms with van der Waals surface area (Å²) < 4.78 is 0. The number of carboxylic acids is 1. The number of carbonyl (C=O) groups is 1. The first-order valence-corrected chi connectivity index (χ1v) is 6.10. The molecule has 5 heteroatoms. The number of H-pyrrole nitrogens is 1. The molecule has 0 aliphatic heterocycles. The van der Waals surface area contributed by atoms with Crippen molar-refractivity contribution in [2.24, 2.45) is 0 Å². The minimum Gasteiger partial charge on any atom is -0.477 e. The van der Waals surface area contributed by atoms with E-state index in [0.717, 1.165) is 30.9 Å². The molecule has 0 saturated heterocycles. The zero-order valence-electron chi connectivity index (χ0n) is 10.1. The lowest BCUT2D eigenvalue weighted by Crippen LogP contribution is -2.13. The monoisotopic (exact) mass is 256 g/mol. The Morgan fingerprint density at radius 3 is 2.79 bits per heavy atom. The summed E-state index contributed by atoms with van der Waals surface area (Å²) in [7, 11) is 0. The molecule has 96 valence electrons. The summed E-state index contributed by atoms with van der Waals surface area (Å²) in [6.45, 7) is 0. The van der Waals surface area contributed by atoms with E-state index in [9.17, 15) is 9.59 Å². The van der Waals surface area contributed by atoms with Crippen molar-refractivity contribution >= 4 is 5.97 Å². The summed E-state index contributed by atoms with van der Waals surface area (Å²) in [4.78, 5) is 28.9. The van der Waals surface area contributed by atoms with Crippen LogP contribution in [0.5, 0.6) is 0 Å². The van der Waals surface area contributed by atoms with Gasteiger partial charge in [-0.15, -0.1) is 0 Å². The van der Waals surface area contributed by atoms with Crippen molar-refractivity contribution in [1.82, 2.24) is 9.97 Å². The van der Waals surface area contributed by atoms with Crippen LogP contribution in [0.3, 0.4) is 0 Å². The van der Waals surface area contributed by atoms with Crippen LogP contribution in [0, 0.1) is 0 Å². The van der Waals surface area contributed by atoms with Crippen molar-refractivity contribution in [1.29, 1.82) is 0 Å². The number of nitrogens with one attached hydrogen (secondary N) is 1. The van der Waals surface area contributed by atoms with Crippen LogP contribution >= 0.6 is 0 Å². The first kappa shape index (κ1) is 11.6. The Labute approximate surface area is 108 Å². The maximum atomic E-state index is 11.5. The summed E-state index contributed by atoms with van der Waals surface area (Å²) in [5.41, 5.74) is 2.63. The smallest absolute Gasteiger partial charge is 0.354 e. The third-order valence-electron chi connectivity index (χ3n) is 3.33. The highest BCUT2D eigenvalue weighted by molar-refractivity contribution is 5.85. The van der Waals surface area contributed by atoms with Gasteiger partial charge in [0.15, 0.2) is 5.69 Å². The molecule has 0 spiro atoms. The van der Waals surface area contributed by atoms with Crippen LogP contribution in [0.4, 0.5) is 0 Å². The van der Waals surface area contributed by atoms with E-state index in [1.807, 2.05) is 18.2 Å². The lowest BCUT2D eigenvalue weighted by Gasteiger charge is -2.05. The molecule has 1 aliphatic carbocycles. The fourth-order valence-corrected chi connectivity index (χ4v) is 2.42. The lowest BCUT2D eigenvalue weighted by atomic mass is 10.1. The highest BCUT2D eigenvalue weighted by Gasteiger charge is 2.14. The zero-order chi connectivity index (χ0) is 13.4. The van der Waals surface area contributed by atoms with E-state index in [2.05, 4.69) is 9.97 Å². The number of aromatic amines is 1. The van der Waals surface area contributed by atoms with Gasteiger partial charge in [-0.2, -0.15) is 0 Å². The number of aromatic carboxylic acids is 1. The molecule has 0 atom stereocenters. The van der Waals surface area contributed by atoms with Gasteiger partial charge in [0.05, 0.1) is 0 Å². The number of aryl methyl sites for hydroxylation is 2. The number of hydrogen-bond donors (Lipinski definition) is 2. The van der Waals surface area contributed by atoms with Crippen molar-refractivity contribution in [3.63, 3.8) is 0 Å². The van der Waals surface area contributed by atoms with Gasteiger partial charge in [0.2, 0.25) is 0 Å². The fraction of sp³-hybridized carbons (Fsp3) is 0.214. The largest absolute Gasteiger partial charge is 0.477 e.